The van der Waals surface area contributed by atoms with Crippen LogP contribution in [0.3, 0.4) is 0 Å². The molecule has 1 aliphatic rings. The third kappa shape index (κ3) is 2.00. The van der Waals surface area contributed by atoms with E-state index in [2.05, 4.69) is 0 Å². The molecule has 6 heteroatoms. The van der Waals surface area contributed by atoms with Crippen LogP contribution in [0.1, 0.15) is 27.0 Å². The number of hydrazine groups is 1. The topological polar surface area (TPSA) is 46.3 Å². The third-order valence-corrected chi connectivity index (χ3v) is 2.87. The Morgan fingerprint density at radius 2 is 2.00 bits per heavy atom. The molecule has 1 aliphatic heterocycles. The van der Waals surface area contributed by atoms with Gasteiger partial charge in [-0.2, -0.15) is 13.2 Å². The second-order valence-corrected chi connectivity index (χ2v) is 4.07. The average Bonchev–Trinajstić information content (AvgIpc) is 2.21. The fraction of sp³-hybridized carbons (Fsp3) is 0.364. The van der Waals surface area contributed by atoms with E-state index in [0.29, 0.717) is 18.5 Å². The van der Waals surface area contributed by atoms with Gasteiger partial charge in [-0.15, -0.1) is 0 Å². The van der Waals surface area contributed by atoms with Crippen molar-refractivity contribution < 1.29 is 18.0 Å². The van der Waals surface area contributed by atoms with Gasteiger partial charge >= 0.3 is 6.18 Å². The van der Waals surface area contributed by atoms with E-state index in [0.717, 1.165) is 11.1 Å². The Bertz CT molecular complexity index is 482. The minimum Gasteiger partial charge on any atom is -0.276 e. The summed E-state index contributed by atoms with van der Waals surface area (Å²) in [4.78, 5) is 11.6. The van der Waals surface area contributed by atoms with E-state index in [1.54, 1.807) is 0 Å². The van der Waals surface area contributed by atoms with E-state index < -0.39 is 17.6 Å². The van der Waals surface area contributed by atoms with Gasteiger partial charge in [0.05, 0.1) is 5.56 Å². The quantitative estimate of drug-likeness (QED) is 0.559. The van der Waals surface area contributed by atoms with Gasteiger partial charge in [0.1, 0.15) is 0 Å². The number of benzene rings is 1. The first-order valence-electron chi connectivity index (χ1n) is 5.08. The summed E-state index contributed by atoms with van der Waals surface area (Å²) in [6, 6.07) is 2.31. The highest BCUT2D eigenvalue weighted by atomic mass is 19.4. The fourth-order valence-electron chi connectivity index (χ4n) is 1.98. The van der Waals surface area contributed by atoms with E-state index in [9.17, 15) is 18.0 Å². The Balaban J connectivity index is 2.58. The molecule has 92 valence electrons. The molecule has 0 saturated carbocycles. The number of rotatable bonds is 0. The lowest BCUT2D eigenvalue weighted by Gasteiger charge is -2.25. The first-order valence-corrected chi connectivity index (χ1v) is 5.08. The lowest BCUT2D eigenvalue weighted by Crippen LogP contribution is -2.42. The van der Waals surface area contributed by atoms with Gasteiger partial charge in [-0.05, 0) is 30.5 Å². The second-order valence-electron chi connectivity index (χ2n) is 4.07. The molecule has 1 amide bonds. The fourth-order valence-corrected chi connectivity index (χ4v) is 1.98. The number of alkyl halides is 3. The van der Waals surface area contributed by atoms with Gasteiger partial charge in [-0.1, -0.05) is 6.07 Å². The van der Waals surface area contributed by atoms with Crippen molar-refractivity contribution in [1.29, 1.82) is 0 Å². The molecule has 3 nitrogen and oxygen atoms in total. The average molecular weight is 244 g/mol. The molecule has 17 heavy (non-hydrogen) atoms. The first kappa shape index (κ1) is 11.9. The molecule has 0 aromatic heterocycles. The van der Waals surface area contributed by atoms with Crippen molar-refractivity contribution in [3.05, 3.63) is 34.4 Å². The predicted octanol–water partition coefficient (Wildman–Crippen LogP) is 1.89. The van der Waals surface area contributed by atoms with E-state index in [-0.39, 0.29) is 11.1 Å². The molecule has 0 saturated heterocycles. The van der Waals surface area contributed by atoms with Crippen molar-refractivity contribution in [3.63, 3.8) is 0 Å². The number of halogens is 3. The molecule has 0 spiro atoms. The van der Waals surface area contributed by atoms with Crippen molar-refractivity contribution >= 4 is 5.91 Å². The van der Waals surface area contributed by atoms with Crippen LogP contribution in [0.15, 0.2) is 12.1 Å². The van der Waals surface area contributed by atoms with E-state index >= 15 is 0 Å². The van der Waals surface area contributed by atoms with Gasteiger partial charge in [0.2, 0.25) is 0 Å². The molecule has 0 fully saturated rings. The van der Waals surface area contributed by atoms with Crippen LogP contribution in [-0.4, -0.2) is 17.5 Å². The van der Waals surface area contributed by atoms with Crippen molar-refractivity contribution in [3.8, 4) is 0 Å². The number of hydrogen-bond donors (Lipinski definition) is 1. The van der Waals surface area contributed by atoms with Crippen molar-refractivity contribution in [1.82, 2.24) is 5.01 Å². The summed E-state index contributed by atoms with van der Waals surface area (Å²) in [6.07, 6.45) is -3.97. The van der Waals surface area contributed by atoms with E-state index in [1.807, 2.05) is 0 Å². The number of amides is 1. The van der Waals surface area contributed by atoms with Crippen LogP contribution < -0.4 is 5.84 Å². The van der Waals surface area contributed by atoms with Crippen LogP contribution in [0.25, 0.3) is 0 Å². The summed E-state index contributed by atoms with van der Waals surface area (Å²) in [5.74, 6) is 4.83. The zero-order chi connectivity index (χ0) is 12.8. The SMILES string of the molecule is Cc1cc2c(cc1C(F)(F)F)C(=O)N(N)CC2. The van der Waals surface area contributed by atoms with Crippen molar-refractivity contribution in [2.75, 3.05) is 6.54 Å². The predicted molar refractivity (Wildman–Crippen MR) is 55.1 cm³/mol. The summed E-state index contributed by atoms with van der Waals surface area (Å²) in [5, 5.41) is 0.942. The molecule has 0 bridgehead atoms. The Hall–Kier alpha value is -1.56. The van der Waals surface area contributed by atoms with E-state index in [1.165, 1.54) is 13.0 Å². The highest BCUT2D eigenvalue weighted by molar-refractivity contribution is 5.96. The monoisotopic (exact) mass is 244 g/mol. The summed E-state index contributed by atoms with van der Waals surface area (Å²) in [7, 11) is 0. The van der Waals surface area contributed by atoms with Crippen LogP contribution in [0.5, 0.6) is 0 Å². The Labute approximate surface area is 96.0 Å². The minimum absolute atomic E-state index is 0.0525. The Morgan fingerprint density at radius 1 is 1.35 bits per heavy atom. The molecule has 2 N–H and O–H groups in total. The molecule has 1 aromatic carbocycles. The number of fused-ring (bicyclic) bond motifs is 1. The van der Waals surface area contributed by atoms with Gasteiger partial charge in [0.25, 0.3) is 5.91 Å². The lowest BCUT2D eigenvalue weighted by molar-refractivity contribution is -0.138. The van der Waals surface area contributed by atoms with Gasteiger partial charge < -0.3 is 0 Å². The number of hydrogen-bond acceptors (Lipinski definition) is 2. The first-order chi connectivity index (χ1) is 7.80. The molecule has 0 aliphatic carbocycles. The van der Waals surface area contributed by atoms with Crippen LogP contribution in [-0.2, 0) is 12.6 Å². The van der Waals surface area contributed by atoms with Crippen LogP contribution in [0.2, 0.25) is 0 Å². The molecular formula is C11H11F3N2O. The smallest absolute Gasteiger partial charge is 0.276 e. The maximum atomic E-state index is 12.7. The zero-order valence-electron chi connectivity index (χ0n) is 9.14. The number of carbonyl (C=O) groups is 1. The summed E-state index contributed by atoms with van der Waals surface area (Å²) in [6.45, 7) is 1.72. The number of aryl methyl sites for hydroxylation is 1. The molecule has 0 unspecified atom stereocenters. The summed E-state index contributed by atoms with van der Waals surface area (Å²) in [5.41, 5.74) is 0.0355. The second kappa shape index (κ2) is 3.73. The Morgan fingerprint density at radius 3 is 2.59 bits per heavy atom. The molecule has 1 aromatic rings. The van der Waals surface area contributed by atoms with Crippen molar-refractivity contribution in [2.24, 2.45) is 5.84 Å². The van der Waals surface area contributed by atoms with Gasteiger partial charge in [0.15, 0.2) is 0 Å². The number of nitrogens with zero attached hydrogens (tertiary/aromatic N) is 1. The number of nitrogens with two attached hydrogens (primary N) is 1. The molecule has 1 heterocycles. The van der Waals surface area contributed by atoms with Crippen LogP contribution >= 0.6 is 0 Å². The molecular weight excluding hydrogens is 233 g/mol. The maximum Gasteiger partial charge on any atom is 0.416 e. The van der Waals surface area contributed by atoms with Gasteiger partial charge in [-0.3, -0.25) is 9.80 Å². The maximum absolute atomic E-state index is 12.7. The minimum atomic E-state index is -4.45. The van der Waals surface area contributed by atoms with Gasteiger partial charge in [0, 0.05) is 12.1 Å². The standard InChI is InChI=1S/C11H11F3N2O/c1-6-4-7-2-3-16(15)10(17)8(7)5-9(6)11(12,13)14/h4-5H,2-3,15H2,1H3. The van der Waals surface area contributed by atoms with Crippen LogP contribution in [0, 0.1) is 6.92 Å². The highest BCUT2D eigenvalue weighted by Crippen LogP contribution is 2.34. The van der Waals surface area contributed by atoms with Crippen LogP contribution in [0.4, 0.5) is 13.2 Å². The molecule has 2 rings (SSSR count). The molecule has 0 atom stereocenters. The lowest BCUT2D eigenvalue weighted by atomic mass is 9.94. The molecule has 0 radical (unpaired) electrons. The summed E-state index contributed by atoms with van der Waals surface area (Å²) < 4.78 is 38.1. The Kier molecular flexibility index (Phi) is 2.61. The highest BCUT2D eigenvalue weighted by Gasteiger charge is 2.35. The third-order valence-electron chi connectivity index (χ3n) is 2.87. The van der Waals surface area contributed by atoms with Gasteiger partial charge in [-0.25, -0.2) is 5.84 Å². The van der Waals surface area contributed by atoms with Crippen molar-refractivity contribution in [2.45, 2.75) is 19.5 Å². The number of carbonyl (C=O) groups excluding carboxylic acids is 1. The largest absolute Gasteiger partial charge is 0.416 e. The zero-order valence-corrected chi connectivity index (χ0v) is 9.14. The normalized spacial score (nSPS) is 16.1. The van der Waals surface area contributed by atoms with E-state index in [4.69, 9.17) is 5.84 Å². The summed E-state index contributed by atoms with van der Waals surface area (Å²) >= 11 is 0.